The van der Waals surface area contributed by atoms with Crippen LogP contribution in [0.2, 0.25) is 0 Å². The summed E-state index contributed by atoms with van der Waals surface area (Å²) < 4.78 is 0. The summed E-state index contributed by atoms with van der Waals surface area (Å²) in [7, 11) is 0. The maximum Gasteiger partial charge on any atom is 0.272 e. The van der Waals surface area contributed by atoms with Gasteiger partial charge in [-0.15, -0.1) is 0 Å². The number of benzene rings is 1. The number of Topliss-reactive ketones (excluding diaryl/α,β-unsaturated/α-hetero) is 1. The van der Waals surface area contributed by atoms with Crippen LogP contribution in [0.1, 0.15) is 45.8 Å². The lowest BCUT2D eigenvalue weighted by Gasteiger charge is -2.24. The molecule has 0 N–H and O–H groups in total. The number of ketones is 1. The molecule has 1 saturated heterocycles. The van der Waals surface area contributed by atoms with Gasteiger partial charge in [0.1, 0.15) is 5.69 Å². The highest BCUT2D eigenvalue weighted by atomic mass is 16.2. The van der Waals surface area contributed by atoms with E-state index in [1.165, 1.54) is 0 Å². The lowest BCUT2D eigenvalue weighted by Crippen LogP contribution is -2.37. The van der Waals surface area contributed by atoms with Crippen molar-refractivity contribution in [3.05, 3.63) is 65.5 Å². The zero-order chi connectivity index (χ0) is 16.2. The third-order valence-electron chi connectivity index (χ3n) is 4.26. The second kappa shape index (κ2) is 6.73. The quantitative estimate of drug-likeness (QED) is 0.815. The second-order valence-corrected chi connectivity index (χ2v) is 5.95. The Balaban J connectivity index is 1.73. The number of rotatable bonds is 4. The Hall–Kier alpha value is -2.49. The average molecular weight is 308 g/mol. The molecule has 0 saturated carbocycles. The van der Waals surface area contributed by atoms with Crippen LogP contribution in [-0.2, 0) is 0 Å². The van der Waals surface area contributed by atoms with E-state index in [9.17, 15) is 9.59 Å². The van der Waals surface area contributed by atoms with E-state index in [1.807, 2.05) is 54.3 Å². The highest BCUT2D eigenvalue weighted by molar-refractivity contribution is 5.97. The number of aromatic nitrogens is 1. The predicted octanol–water partition coefficient (Wildman–Crippen LogP) is 3.27. The first kappa shape index (κ1) is 15.4. The van der Waals surface area contributed by atoms with Gasteiger partial charge in [0, 0.05) is 30.3 Å². The first-order valence-electron chi connectivity index (χ1n) is 7.98. The summed E-state index contributed by atoms with van der Waals surface area (Å²) in [5.74, 6) is 0.0181. The molecule has 4 heteroatoms. The highest BCUT2D eigenvalue weighted by Crippen LogP contribution is 2.23. The van der Waals surface area contributed by atoms with Gasteiger partial charge >= 0.3 is 0 Å². The summed E-state index contributed by atoms with van der Waals surface area (Å²) in [6, 6.07) is 14.7. The lowest BCUT2D eigenvalue weighted by atomic mass is 10.0. The van der Waals surface area contributed by atoms with Crippen molar-refractivity contribution in [2.45, 2.75) is 32.2 Å². The van der Waals surface area contributed by atoms with Gasteiger partial charge in [-0.05, 0) is 31.9 Å². The largest absolute Gasteiger partial charge is 0.334 e. The summed E-state index contributed by atoms with van der Waals surface area (Å²) >= 11 is 0. The van der Waals surface area contributed by atoms with Crippen molar-refractivity contribution in [2.24, 2.45) is 0 Å². The van der Waals surface area contributed by atoms with E-state index in [2.05, 4.69) is 4.98 Å². The maximum atomic E-state index is 12.7. The zero-order valence-corrected chi connectivity index (χ0v) is 13.2. The van der Waals surface area contributed by atoms with E-state index in [4.69, 9.17) is 0 Å². The Morgan fingerprint density at radius 1 is 1.13 bits per heavy atom. The molecule has 2 heterocycles. The van der Waals surface area contributed by atoms with Crippen molar-refractivity contribution in [1.29, 1.82) is 0 Å². The van der Waals surface area contributed by atoms with Gasteiger partial charge in [0.2, 0.25) is 0 Å². The molecule has 1 unspecified atom stereocenters. The molecule has 4 nitrogen and oxygen atoms in total. The molecule has 2 aromatic rings. The number of carbonyl (C=O) groups excluding carboxylic acids is 2. The van der Waals surface area contributed by atoms with E-state index in [-0.39, 0.29) is 17.7 Å². The SMILES string of the molecule is Cc1cccc(C(=O)N2CCCC2CC(=O)c2ccccc2)n1. The number of carbonyl (C=O) groups is 2. The normalized spacial score (nSPS) is 17.3. The van der Waals surface area contributed by atoms with E-state index in [1.54, 1.807) is 6.07 Å². The summed E-state index contributed by atoms with van der Waals surface area (Å²) in [5, 5.41) is 0. The molecule has 1 atom stereocenters. The van der Waals surface area contributed by atoms with Crippen molar-refractivity contribution in [1.82, 2.24) is 9.88 Å². The van der Waals surface area contributed by atoms with Gasteiger partial charge in [0.15, 0.2) is 5.78 Å². The summed E-state index contributed by atoms with van der Waals surface area (Å²) in [6.45, 7) is 2.57. The summed E-state index contributed by atoms with van der Waals surface area (Å²) in [4.78, 5) is 31.2. The van der Waals surface area contributed by atoms with E-state index in [0.717, 1.165) is 18.5 Å². The number of hydrogen-bond acceptors (Lipinski definition) is 3. The lowest BCUT2D eigenvalue weighted by molar-refractivity contribution is 0.0711. The van der Waals surface area contributed by atoms with Gasteiger partial charge in [-0.3, -0.25) is 9.59 Å². The Bertz CT molecular complexity index is 712. The van der Waals surface area contributed by atoms with Crippen LogP contribution >= 0.6 is 0 Å². The zero-order valence-electron chi connectivity index (χ0n) is 13.2. The molecule has 1 aromatic heterocycles. The number of amides is 1. The van der Waals surface area contributed by atoms with Crippen molar-refractivity contribution in [3.8, 4) is 0 Å². The number of nitrogens with zero attached hydrogens (tertiary/aromatic N) is 2. The molecule has 0 radical (unpaired) electrons. The number of hydrogen-bond donors (Lipinski definition) is 0. The number of pyridine rings is 1. The van der Waals surface area contributed by atoms with Crippen LogP contribution in [0, 0.1) is 6.92 Å². The van der Waals surface area contributed by atoms with Crippen LogP contribution in [0.25, 0.3) is 0 Å². The first-order chi connectivity index (χ1) is 11.1. The van der Waals surface area contributed by atoms with Crippen molar-refractivity contribution in [2.75, 3.05) is 6.54 Å². The smallest absolute Gasteiger partial charge is 0.272 e. The van der Waals surface area contributed by atoms with Gasteiger partial charge < -0.3 is 4.90 Å². The molecule has 1 aliphatic heterocycles. The molecule has 0 spiro atoms. The number of likely N-dealkylation sites (tertiary alicyclic amines) is 1. The third kappa shape index (κ3) is 3.47. The molecular formula is C19H20N2O2. The van der Waals surface area contributed by atoms with E-state index >= 15 is 0 Å². The summed E-state index contributed by atoms with van der Waals surface area (Å²) in [5.41, 5.74) is 2.00. The fraction of sp³-hybridized carbons (Fsp3) is 0.316. The molecule has 0 aliphatic carbocycles. The topological polar surface area (TPSA) is 50.3 Å². The van der Waals surface area contributed by atoms with Crippen LogP contribution in [0.5, 0.6) is 0 Å². The van der Waals surface area contributed by atoms with Gasteiger partial charge in [-0.2, -0.15) is 0 Å². The molecular weight excluding hydrogens is 288 g/mol. The molecule has 1 fully saturated rings. The predicted molar refractivity (Wildman–Crippen MR) is 88.4 cm³/mol. The molecule has 1 aliphatic rings. The van der Waals surface area contributed by atoms with Crippen LogP contribution < -0.4 is 0 Å². The van der Waals surface area contributed by atoms with E-state index < -0.39 is 0 Å². The minimum absolute atomic E-state index is 0.0301. The Kier molecular flexibility index (Phi) is 4.51. The van der Waals surface area contributed by atoms with Crippen molar-refractivity contribution in [3.63, 3.8) is 0 Å². The highest BCUT2D eigenvalue weighted by Gasteiger charge is 2.31. The molecule has 23 heavy (non-hydrogen) atoms. The average Bonchev–Trinajstić information content (AvgIpc) is 3.03. The Morgan fingerprint density at radius 3 is 2.65 bits per heavy atom. The van der Waals surface area contributed by atoms with Crippen LogP contribution in [0.15, 0.2) is 48.5 Å². The van der Waals surface area contributed by atoms with Gasteiger partial charge in [-0.1, -0.05) is 36.4 Å². The monoisotopic (exact) mass is 308 g/mol. The van der Waals surface area contributed by atoms with Crippen LogP contribution in [0.3, 0.4) is 0 Å². The Labute approximate surface area is 136 Å². The second-order valence-electron chi connectivity index (χ2n) is 5.95. The van der Waals surface area contributed by atoms with Crippen molar-refractivity contribution < 1.29 is 9.59 Å². The van der Waals surface area contributed by atoms with Gasteiger partial charge in [0.05, 0.1) is 0 Å². The molecule has 3 rings (SSSR count). The van der Waals surface area contributed by atoms with Gasteiger partial charge in [-0.25, -0.2) is 4.98 Å². The molecule has 0 bridgehead atoms. The van der Waals surface area contributed by atoms with Crippen LogP contribution in [-0.4, -0.2) is 34.2 Å². The maximum absolute atomic E-state index is 12.7. The Morgan fingerprint density at radius 2 is 1.91 bits per heavy atom. The van der Waals surface area contributed by atoms with Crippen molar-refractivity contribution >= 4 is 11.7 Å². The minimum Gasteiger partial charge on any atom is -0.334 e. The first-order valence-corrected chi connectivity index (χ1v) is 7.98. The standard InChI is InChI=1S/C19H20N2O2/c1-14-7-5-11-17(20-14)19(23)21-12-6-10-16(21)13-18(22)15-8-3-2-4-9-15/h2-5,7-9,11,16H,6,10,12-13H2,1H3. The third-order valence-corrected chi connectivity index (χ3v) is 4.26. The van der Waals surface area contributed by atoms with Gasteiger partial charge in [0.25, 0.3) is 5.91 Å². The summed E-state index contributed by atoms with van der Waals surface area (Å²) in [6.07, 6.45) is 2.18. The number of aryl methyl sites for hydroxylation is 1. The van der Waals surface area contributed by atoms with Crippen LogP contribution in [0.4, 0.5) is 0 Å². The van der Waals surface area contributed by atoms with E-state index in [0.29, 0.717) is 24.2 Å². The molecule has 1 amide bonds. The fourth-order valence-electron chi connectivity index (χ4n) is 3.08. The minimum atomic E-state index is -0.0722. The fourth-order valence-corrected chi connectivity index (χ4v) is 3.08. The molecule has 1 aromatic carbocycles. The molecule has 118 valence electrons.